The molecule has 0 aliphatic rings. The summed E-state index contributed by atoms with van der Waals surface area (Å²) in [4.78, 5) is 52.5. The molecule has 0 radical (unpaired) electrons. The highest BCUT2D eigenvalue weighted by molar-refractivity contribution is 6.39. The normalized spacial score (nSPS) is 12.0. The maximum atomic E-state index is 13.4. The Morgan fingerprint density at radius 3 is 2.22 bits per heavy atom. The van der Waals surface area contributed by atoms with Crippen molar-refractivity contribution in [1.29, 1.82) is 0 Å². The average Bonchev–Trinajstić information content (AvgIpc) is 2.92. The molecule has 214 valence electrons. The molecule has 0 fully saturated rings. The van der Waals surface area contributed by atoms with Gasteiger partial charge in [0.25, 0.3) is 11.5 Å². The Morgan fingerprint density at radius 2 is 1.61 bits per heavy atom. The molecule has 3 aromatic carbocycles. The van der Waals surface area contributed by atoms with Gasteiger partial charge in [-0.05, 0) is 55.8 Å². The molecule has 0 aliphatic heterocycles. The predicted octanol–water partition coefficient (Wildman–Crippen LogP) is 2.98. The number of carbonyl (C=O) groups is 2. The number of quaternary nitrogens is 1. The van der Waals surface area contributed by atoms with Crippen LogP contribution in [-0.2, 0) is 29.5 Å². The molecule has 0 saturated heterocycles. The van der Waals surface area contributed by atoms with E-state index in [4.69, 9.17) is 27.9 Å². The lowest BCUT2D eigenvalue weighted by atomic mass is 10.0. The molecular weight excluding hydrogens is 567 g/mol. The summed E-state index contributed by atoms with van der Waals surface area (Å²) in [5, 5.41) is 5.42. The molecule has 1 atom stereocenters. The minimum atomic E-state index is -1.05. The smallest absolute Gasteiger partial charge is 0.335 e. The maximum Gasteiger partial charge on any atom is 0.335 e. The number of carbonyl (C=O) groups excluding carboxylic acids is 2. The number of esters is 1. The van der Waals surface area contributed by atoms with E-state index in [-0.39, 0.29) is 22.0 Å². The van der Waals surface area contributed by atoms with E-state index in [0.29, 0.717) is 28.7 Å². The second-order valence-corrected chi connectivity index (χ2v) is 10.7. The van der Waals surface area contributed by atoms with Crippen molar-refractivity contribution in [2.45, 2.75) is 39.0 Å². The van der Waals surface area contributed by atoms with Crippen LogP contribution in [0.15, 0.2) is 70.3 Å². The monoisotopic (exact) mass is 597 g/mol. The van der Waals surface area contributed by atoms with Crippen LogP contribution >= 0.6 is 23.2 Å². The first kappa shape index (κ1) is 30.0. The van der Waals surface area contributed by atoms with Crippen LogP contribution in [0, 0.1) is 0 Å². The highest BCUT2D eigenvalue weighted by Crippen LogP contribution is 2.24. The zero-order valence-corrected chi connectivity index (χ0v) is 24.6. The number of halogens is 2. The summed E-state index contributed by atoms with van der Waals surface area (Å²) in [7, 11) is 3.56. The Morgan fingerprint density at radius 1 is 0.976 bits per heavy atom. The standard InChI is InChI=1S/C30H30Cl2N4O5/c1-17(2)41-29(39)24(34-27(37)26-22(31)6-5-7-23(26)32)15-18-8-11-20(12-9-18)36-28(38)21-14-19(16-33-3)10-13-25(21)35(4)30(36)40/h5-14,17,24,33H,15-16H2,1-4H3,(H,34,37)/p+1/t24-/m0/s1. The van der Waals surface area contributed by atoms with Crippen molar-refractivity contribution in [2.24, 2.45) is 7.05 Å². The van der Waals surface area contributed by atoms with E-state index in [9.17, 15) is 19.2 Å². The number of aryl methyl sites for hydroxylation is 1. The second-order valence-electron chi connectivity index (χ2n) is 9.92. The van der Waals surface area contributed by atoms with Gasteiger partial charge in [0, 0.05) is 19.0 Å². The fourth-order valence-electron chi connectivity index (χ4n) is 4.57. The molecular formula is C30H31Cl2N4O5+. The predicted molar refractivity (Wildman–Crippen MR) is 159 cm³/mol. The number of aromatic nitrogens is 2. The van der Waals surface area contributed by atoms with Gasteiger partial charge in [0.1, 0.15) is 12.6 Å². The van der Waals surface area contributed by atoms with Gasteiger partial charge >= 0.3 is 11.7 Å². The number of nitrogens with one attached hydrogen (secondary N) is 1. The second kappa shape index (κ2) is 12.7. The topological polar surface area (TPSA) is 116 Å². The third kappa shape index (κ3) is 6.53. The lowest BCUT2D eigenvalue weighted by molar-refractivity contribution is -0.643. The molecule has 9 nitrogen and oxygen atoms in total. The summed E-state index contributed by atoms with van der Waals surface area (Å²) in [6.07, 6.45) is -0.318. The first-order valence-corrected chi connectivity index (χ1v) is 13.8. The molecule has 1 amide bonds. The molecule has 0 bridgehead atoms. The third-order valence-electron chi connectivity index (χ3n) is 6.54. The van der Waals surface area contributed by atoms with Crippen molar-refractivity contribution in [1.82, 2.24) is 14.5 Å². The number of fused-ring (bicyclic) bond motifs is 1. The summed E-state index contributed by atoms with van der Waals surface area (Å²) in [5.41, 5.74) is 1.72. The van der Waals surface area contributed by atoms with Crippen LogP contribution in [0.5, 0.6) is 0 Å². The molecule has 0 saturated carbocycles. The van der Waals surface area contributed by atoms with Crippen LogP contribution < -0.4 is 21.9 Å². The summed E-state index contributed by atoms with van der Waals surface area (Å²) in [5.74, 6) is -1.24. The SMILES string of the molecule is C[NH2+]Cc1ccc2c(c1)c(=O)n(-c1ccc(C[C@H](NC(=O)c3c(Cl)cccc3Cl)C(=O)OC(C)C)cc1)c(=O)n2C. The highest BCUT2D eigenvalue weighted by atomic mass is 35.5. The van der Waals surface area contributed by atoms with E-state index in [1.165, 1.54) is 16.7 Å². The zero-order chi connectivity index (χ0) is 29.8. The van der Waals surface area contributed by atoms with Gasteiger partial charge < -0.3 is 15.4 Å². The van der Waals surface area contributed by atoms with E-state index < -0.39 is 35.3 Å². The number of ether oxygens (including phenoxy) is 1. The van der Waals surface area contributed by atoms with E-state index in [2.05, 4.69) is 5.32 Å². The first-order chi connectivity index (χ1) is 19.5. The average molecular weight is 599 g/mol. The Balaban J connectivity index is 1.66. The largest absolute Gasteiger partial charge is 0.461 e. The number of nitrogens with two attached hydrogens (primary N) is 1. The van der Waals surface area contributed by atoms with Gasteiger partial charge in [-0.1, -0.05) is 47.5 Å². The molecule has 1 heterocycles. The van der Waals surface area contributed by atoms with Crippen molar-refractivity contribution in [3.63, 3.8) is 0 Å². The number of rotatable bonds is 9. The molecule has 4 rings (SSSR count). The number of benzene rings is 3. The summed E-state index contributed by atoms with van der Waals surface area (Å²) < 4.78 is 7.94. The van der Waals surface area contributed by atoms with Gasteiger partial charge in [0.15, 0.2) is 0 Å². The molecule has 1 aromatic heterocycles. The number of amides is 1. The quantitative estimate of drug-likeness (QED) is 0.288. The molecule has 11 heteroatoms. The lowest BCUT2D eigenvalue weighted by Gasteiger charge is -2.20. The summed E-state index contributed by atoms with van der Waals surface area (Å²) in [6.45, 7) is 4.12. The Hall–Kier alpha value is -3.92. The van der Waals surface area contributed by atoms with Gasteiger partial charge in [-0.25, -0.2) is 14.2 Å². The van der Waals surface area contributed by atoms with Gasteiger partial charge in [0.05, 0.1) is 45.4 Å². The molecule has 0 spiro atoms. The lowest BCUT2D eigenvalue weighted by Crippen LogP contribution is -2.77. The van der Waals surface area contributed by atoms with Crippen LogP contribution in [-0.4, -0.2) is 40.2 Å². The van der Waals surface area contributed by atoms with Gasteiger partial charge in [-0.2, -0.15) is 0 Å². The van der Waals surface area contributed by atoms with Crippen molar-refractivity contribution in [3.8, 4) is 5.69 Å². The maximum absolute atomic E-state index is 13.4. The van der Waals surface area contributed by atoms with Crippen LogP contribution in [0.3, 0.4) is 0 Å². The first-order valence-electron chi connectivity index (χ1n) is 13.1. The molecule has 0 aliphatic carbocycles. The zero-order valence-electron chi connectivity index (χ0n) is 23.1. The molecule has 4 aromatic rings. The van der Waals surface area contributed by atoms with Crippen LogP contribution in [0.1, 0.15) is 35.3 Å². The van der Waals surface area contributed by atoms with Gasteiger partial charge in [0.2, 0.25) is 0 Å². The molecule has 3 N–H and O–H groups in total. The van der Waals surface area contributed by atoms with Gasteiger partial charge in [-0.3, -0.25) is 14.2 Å². The fraction of sp³-hybridized carbons (Fsp3) is 0.267. The van der Waals surface area contributed by atoms with E-state index >= 15 is 0 Å². The minimum absolute atomic E-state index is 0.0556. The van der Waals surface area contributed by atoms with Crippen molar-refractivity contribution in [3.05, 3.63) is 108 Å². The number of nitrogens with zero attached hydrogens (tertiary/aromatic N) is 2. The Kier molecular flexibility index (Phi) is 9.32. The highest BCUT2D eigenvalue weighted by Gasteiger charge is 2.26. The third-order valence-corrected chi connectivity index (χ3v) is 7.17. The van der Waals surface area contributed by atoms with Crippen molar-refractivity contribution >= 4 is 46.0 Å². The molecule has 41 heavy (non-hydrogen) atoms. The number of hydrogen-bond donors (Lipinski definition) is 2. The van der Waals surface area contributed by atoms with E-state index in [1.807, 2.05) is 18.4 Å². The Bertz CT molecular complexity index is 1710. The van der Waals surface area contributed by atoms with Crippen LogP contribution in [0.4, 0.5) is 0 Å². The minimum Gasteiger partial charge on any atom is -0.461 e. The van der Waals surface area contributed by atoms with Crippen LogP contribution in [0.25, 0.3) is 16.6 Å². The van der Waals surface area contributed by atoms with Crippen LogP contribution in [0.2, 0.25) is 10.0 Å². The van der Waals surface area contributed by atoms with E-state index in [1.54, 1.807) is 63.4 Å². The van der Waals surface area contributed by atoms with Crippen molar-refractivity contribution < 1.29 is 19.6 Å². The van der Waals surface area contributed by atoms with E-state index in [0.717, 1.165) is 10.1 Å². The van der Waals surface area contributed by atoms with Crippen molar-refractivity contribution in [2.75, 3.05) is 7.05 Å². The molecule has 0 unspecified atom stereocenters. The Labute approximate surface area is 246 Å². The fourth-order valence-corrected chi connectivity index (χ4v) is 5.14. The van der Waals surface area contributed by atoms with Gasteiger partial charge in [-0.15, -0.1) is 0 Å². The summed E-state index contributed by atoms with van der Waals surface area (Å²) >= 11 is 12.4. The number of hydrogen-bond acceptors (Lipinski definition) is 5. The summed E-state index contributed by atoms with van der Waals surface area (Å²) in [6, 6.07) is 15.8.